The van der Waals surface area contributed by atoms with Crippen molar-refractivity contribution in [2.24, 2.45) is 7.05 Å². The van der Waals surface area contributed by atoms with Gasteiger partial charge in [0.15, 0.2) is 0 Å². The normalized spacial score (nSPS) is 11.3. The highest BCUT2D eigenvalue weighted by molar-refractivity contribution is 4.92. The Morgan fingerprint density at radius 1 is 1.19 bits per heavy atom. The summed E-state index contributed by atoms with van der Waals surface area (Å²) in [6, 6.07) is 0. The van der Waals surface area contributed by atoms with Crippen molar-refractivity contribution in [1.82, 2.24) is 19.7 Å². The maximum Gasteiger partial charge on any atom is 0.146 e. The van der Waals surface area contributed by atoms with Gasteiger partial charge < -0.3 is 14.8 Å². The molecule has 1 heterocycles. The van der Waals surface area contributed by atoms with Crippen molar-refractivity contribution >= 4 is 0 Å². The molecular weight excluding hydrogens is 208 g/mol. The van der Waals surface area contributed by atoms with E-state index in [4.69, 9.17) is 10.2 Å². The standard InChI is InChI=1S/C10H20N4O2/c1-9-11-12-10(13(9)2)8-14(5-7-16)4-3-6-15/h15-16H,3-8H2,1-2H3. The lowest BCUT2D eigenvalue weighted by Crippen LogP contribution is -2.29. The van der Waals surface area contributed by atoms with Crippen LogP contribution in [0.4, 0.5) is 0 Å². The Kier molecular flexibility index (Phi) is 5.37. The van der Waals surface area contributed by atoms with Gasteiger partial charge in [0.1, 0.15) is 11.6 Å². The van der Waals surface area contributed by atoms with Crippen LogP contribution in [0.25, 0.3) is 0 Å². The van der Waals surface area contributed by atoms with Crippen LogP contribution < -0.4 is 0 Å². The van der Waals surface area contributed by atoms with Gasteiger partial charge in [-0.25, -0.2) is 0 Å². The largest absolute Gasteiger partial charge is 0.396 e. The first-order valence-corrected chi connectivity index (χ1v) is 5.48. The van der Waals surface area contributed by atoms with Crippen molar-refractivity contribution < 1.29 is 10.2 Å². The van der Waals surface area contributed by atoms with E-state index < -0.39 is 0 Å². The van der Waals surface area contributed by atoms with Crippen LogP contribution in [0.3, 0.4) is 0 Å². The van der Waals surface area contributed by atoms with Gasteiger partial charge >= 0.3 is 0 Å². The first-order valence-electron chi connectivity index (χ1n) is 5.48. The Morgan fingerprint density at radius 3 is 2.44 bits per heavy atom. The van der Waals surface area contributed by atoms with Crippen molar-refractivity contribution in [1.29, 1.82) is 0 Å². The number of aromatic nitrogens is 3. The van der Waals surface area contributed by atoms with Crippen LogP contribution in [0.1, 0.15) is 18.1 Å². The van der Waals surface area contributed by atoms with Gasteiger partial charge in [0.2, 0.25) is 0 Å². The highest BCUT2D eigenvalue weighted by atomic mass is 16.3. The minimum Gasteiger partial charge on any atom is -0.396 e. The zero-order valence-electron chi connectivity index (χ0n) is 9.93. The Bertz CT molecular complexity index is 314. The number of rotatable bonds is 7. The van der Waals surface area contributed by atoms with E-state index in [1.54, 1.807) is 0 Å². The molecule has 0 fully saturated rings. The average Bonchev–Trinajstić information content (AvgIpc) is 2.58. The fourth-order valence-electron chi connectivity index (χ4n) is 1.49. The summed E-state index contributed by atoms with van der Waals surface area (Å²) in [5, 5.41) is 25.8. The van der Waals surface area contributed by atoms with Gasteiger partial charge in [-0.2, -0.15) is 0 Å². The molecule has 92 valence electrons. The highest BCUT2D eigenvalue weighted by Crippen LogP contribution is 2.03. The lowest BCUT2D eigenvalue weighted by Gasteiger charge is -2.20. The SMILES string of the molecule is Cc1nnc(CN(CCO)CCCO)n1C. The number of nitrogens with zero attached hydrogens (tertiary/aromatic N) is 4. The molecule has 1 aromatic heterocycles. The first-order chi connectivity index (χ1) is 7.69. The fraction of sp³-hybridized carbons (Fsp3) is 0.800. The van der Waals surface area contributed by atoms with Crippen LogP contribution in [0.2, 0.25) is 0 Å². The molecule has 16 heavy (non-hydrogen) atoms. The summed E-state index contributed by atoms with van der Waals surface area (Å²) >= 11 is 0. The number of aliphatic hydroxyl groups excluding tert-OH is 2. The summed E-state index contributed by atoms with van der Waals surface area (Å²) in [6.45, 7) is 4.18. The zero-order chi connectivity index (χ0) is 12.0. The molecule has 0 aromatic carbocycles. The van der Waals surface area contributed by atoms with E-state index in [1.165, 1.54) is 0 Å². The van der Waals surface area contributed by atoms with Gasteiger partial charge in [-0.3, -0.25) is 4.90 Å². The minimum absolute atomic E-state index is 0.113. The second-order valence-corrected chi connectivity index (χ2v) is 3.80. The molecule has 0 aliphatic carbocycles. The molecule has 0 amide bonds. The van der Waals surface area contributed by atoms with Gasteiger partial charge in [0.25, 0.3) is 0 Å². The Labute approximate surface area is 95.5 Å². The predicted octanol–water partition coefficient (Wildman–Crippen LogP) is -0.700. The molecule has 6 heteroatoms. The molecule has 0 spiro atoms. The smallest absolute Gasteiger partial charge is 0.146 e. The van der Waals surface area contributed by atoms with Crippen LogP contribution in [0.15, 0.2) is 0 Å². The topological polar surface area (TPSA) is 74.4 Å². The van der Waals surface area contributed by atoms with Gasteiger partial charge in [-0.05, 0) is 13.3 Å². The summed E-state index contributed by atoms with van der Waals surface area (Å²) in [7, 11) is 1.92. The van der Waals surface area contributed by atoms with Gasteiger partial charge in [0.05, 0.1) is 13.2 Å². The lowest BCUT2D eigenvalue weighted by atomic mass is 10.3. The molecular formula is C10H20N4O2. The van der Waals surface area contributed by atoms with E-state index in [0.717, 1.165) is 18.2 Å². The third-order valence-electron chi connectivity index (χ3n) is 2.60. The van der Waals surface area contributed by atoms with E-state index in [-0.39, 0.29) is 13.2 Å². The van der Waals surface area contributed by atoms with E-state index in [0.29, 0.717) is 19.5 Å². The fourth-order valence-corrected chi connectivity index (χ4v) is 1.49. The molecule has 0 saturated carbocycles. The first kappa shape index (κ1) is 13.1. The summed E-state index contributed by atoms with van der Waals surface area (Å²) in [5.74, 6) is 1.75. The van der Waals surface area contributed by atoms with Crippen LogP contribution in [0, 0.1) is 6.92 Å². The molecule has 0 unspecified atom stereocenters. The molecule has 0 aliphatic heterocycles. The average molecular weight is 228 g/mol. The molecule has 1 rings (SSSR count). The van der Waals surface area contributed by atoms with Crippen LogP contribution in [-0.4, -0.2) is 56.2 Å². The number of hydrogen-bond donors (Lipinski definition) is 2. The number of hydrogen-bond acceptors (Lipinski definition) is 5. The zero-order valence-corrected chi connectivity index (χ0v) is 9.93. The van der Waals surface area contributed by atoms with Gasteiger partial charge in [-0.15, -0.1) is 10.2 Å². The highest BCUT2D eigenvalue weighted by Gasteiger charge is 2.10. The monoisotopic (exact) mass is 228 g/mol. The molecule has 6 nitrogen and oxygen atoms in total. The molecule has 0 saturated heterocycles. The summed E-state index contributed by atoms with van der Waals surface area (Å²) in [4.78, 5) is 2.06. The maximum atomic E-state index is 8.94. The third-order valence-corrected chi connectivity index (χ3v) is 2.60. The van der Waals surface area contributed by atoms with Crippen molar-refractivity contribution in [3.05, 3.63) is 11.6 Å². The Morgan fingerprint density at radius 2 is 1.94 bits per heavy atom. The summed E-state index contributed by atoms with van der Waals surface area (Å²) < 4.78 is 1.93. The van der Waals surface area contributed by atoms with Gasteiger partial charge in [0, 0.05) is 26.7 Å². The number of aliphatic hydroxyl groups is 2. The molecule has 2 N–H and O–H groups in total. The summed E-state index contributed by atoms with van der Waals surface area (Å²) in [6.07, 6.45) is 0.705. The van der Waals surface area contributed by atoms with E-state index >= 15 is 0 Å². The Balaban J connectivity index is 2.56. The quantitative estimate of drug-likeness (QED) is 0.645. The van der Waals surface area contributed by atoms with Crippen molar-refractivity contribution in [3.63, 3.8) is 0 Å². The maximum absolute atomic E-state index is 8.94. The van der Waals surface area contributed by atoms with E-state index in [2.05, 4.69) is 15.1 Å². The van der Waals surface area contributed by atoms with Crippen molar-refractivity contribution in [3.8, 4) is 0 Å². The number of aryl methyl sites for hydroxylation is 1. The predicted molar refractivity (Wildman–Crippen MR) is 59.8 cm³/mol. The van der Waals surface area contributed by atoms with E-state index in [9.17, 15) is 0 Å². The van der Waals surface area contributed by atoms with Crippen LogP contribution >= 0.6 is 0 Å². The van der Waals surface area contributed by atoms with Crippen LogP contribution in [-0.2, 0) is 13.6 Å². The second kappa shape index (κ2) is 6.57. The molecule has 0 radical (unpaired) electrons. The lowest BCUT2D eigenvalue weighted by molar-refractivity contribution is 0.170. The molecule has 0 atom stereocenters. The molecule has 0 aliphatic rings. The van der Waals surface area contributed by atoms with Gasteiger partial charge in [-0.1, -0.05) is 0 Å². The van der Waals surface area contributed by atoms with Crippen LogP contribution in [0.5, 0.6) is 0 Å². The van der Waals surface area contributed by atoms with E-state index in [1.807, 2.05) is 18.5 Å². The molecule has 0 bridgehead atoms. The third kappa shape index (κ3) is 3.55. The second-order valence-electron chi connectivity index (χ2n) is 3.80. The molecule has 1 aromatic rings. The van der Waals surface area contributed by atoms with Crippen molar-refractivity contribution in [2.45, 2.75) is 19.9 Å². The Hall–Kier alpha value is -0.980. The summed E-state index contributed by atoms with van der Waals surface area (Å²) in [5.41, 5.74) is 0. The minimum atomic E-state index is 0.113. The van der Waals surface area contributed by atoms with Crippen molar-refractivity contribution in [2.75, 3.05) is 26.3 Å².